The summed E-state index contributed by atoms with van der Waals surface area (Å²) in [6.45, 7) is 5.24. The number of hydrogen-bond acceptors (Lipinski definition) is 5. The first-order valence-corrected chi connectivity index (χ1v) is 8.32. The quantitative estimate of drug-likeness (QED) is 0.612. The summed E-state index contributed by atoms with van der Waals surface area (Å²) in [6, 6.07) is 12.0. The van der Waals surface area contributed by atoms with Gasteiger partial charge in [-0.25, -0.2) is 0 Å². The second kappa shape index (κ2) is 7.00. The fraction of sp³-hybridized carbons (Fsp3) is 0.250. The molecule has 2 aromatic rings. The molecule has 2 heterocycles. The second-order valence-electron chi connectivity index (χ2n) is 6.39. The number of non-ortho nitro benzene ring substituents is 1. The van der Waals surface area contributed by atoms with Gasteiger partial charge in [-0.15, -0.1) is 0 Å². The lowest BCUT2D eigenvalue weighted by Crippen LogP contribution is -2.31. The Labute approximate surface area is 151 Å². The van der Waals surface area contributed by atoms with Crippen molar-refractivity contribution in [2.45, 2.75) is 26.7 Å². The highest BCUT2D eigenvalue weighted by Gasteiger charge is 2.37. The van der Waals surface area contributed by atoms with Crippen LogP contribution in [0.1, 0.15) is 37.9 Å². The molecular weight excluding hydrogens is 330 g/mol. The molecule has 0 bridgehead atoms. The van der Waals surface area contributed by atoms with E-state index in [1.807, 2.05) is 38.1 Å². The van der Waals surface area contributed by atoms with Gasteiger partial charge in [0.25, 0.3) is 5.69 Å². The Morgan fingerprint density at radius 1 is 1.15 bits per heavy atom. The molecule has 0 N–H and O–H groups in total. The molecule has 0 radical (unpaired) electrons. The molecule has 132 valence electrons. The molecule has 0 spiro atoms. The number of Topliss-reactive ketones (excluding diaryl/α,β-unsaturated/α-hetero) is 1. The van der Waals surface area contributed by atoms with Crippen molar-refractivity contribution in [3.63, 3.8) is 0 Å². The van der Waals surface area contributed by atoms with Crippen molar-refractivity contribution < 1.29 is 9.72 Å². The highest BCUT2D eigenvalue weighted by molar-refractivity contribution is 6.08. The Kier molecular flexibility index (Phi) is 4.75. The first-order chi connectivity index (χ1) is 12.4. The van der Waals surface area contributed by atoms with Crippen molar-refractivity contribution in [2.75, 3.05) is 0 Å². The van der Waals surface area contributed by atoms with Crippen LogP contribution in [-0.4, -0.2) is 21.4 Å². The Bertz CT molecular complexity index is 932. The van der Waals surface area contributed by atoms with Gasteiger partial charge < -0.3 is 0 Å². The number of aliphatic imine (C=N–C) groups is 1. The molecule has 1 aliphatic rings. The number of ketones is 1. The van der Waals surface area contributed by atoms with Crippen LogP contribution in [0.25, 0.3) is 5.57 Å². The van der Waals surface area contributed by atoms with Crippen molar-refractivity contribution in [1.29, 1.82) is 0 Å². The molecule has 2 atom stereocenters. The highest BCUT2D eigenvalue weighted by Crippen LogP contribution is 2.44. The van der Waals surface area contributed by atoms with Gasteiger partial charge in [-0.2, -0.15) is 0 Å². The van der Waals surface area contributed by atoms with E-state index in [0.717, 1.165) is 17.0 Å². The molecule has 1 aromatic carbocycles. The molecule has 0 amide bonds. The third kappa shape index (κ3) is 3.18. The molecule has 0 fully saturated rings. The fourth-order valence-electron chi connectivity index (χ4n) is 3.61. The first-order valence-electron chi connectivity index (χ1n) is 8.32. The van der Waals surface area contributed by atoms with Gasteiger partial charge >= 0.3 is 0 Å². The lowest BCUT2D eigenvalue weighted by molar-refractivity contribution is -0.384. The SMILES string of the molecule is CC(=O)C1C(C)=NC(C)=C(c2ccccn2)C1c1cccc([N+](=O)[O-])c1. The van der Waals surface area contributed by atoms with Gasteiger partial charge in [0.15, 0.2) is 0 Å². The molecule has 6 heteroatoms. The molecule has 1 aliphatic heterocycles. The molecule has 2 unspecified atom stereocenters. The summed E-state index contributed by atoms with van der Waals surface area (Å²) in [6.07, 6.45) is 1.69. The Hall–Kier alpha value is -3.15. The number of carbonyl (C=O) groups excluding carboxylic acids is 1. The number of hydrogen-bond donors (Lipinski definition) is 0. The number of benzene rings is 1. The lowest BCUT2D eigenvalue weighted by atomic mass is 9.73. The van der Waals surface area contributed by atoms with Crippen LogP contribution in [0.2, 0.25) is 0 Å². The third-order valence-corrected chi connectivity index (χ3v) is 4.65. The predicted octanol–water partition coefficient (Wildman–Crippen LogP) is 4.18. The lowest BCUT2D eigenvalue weighted by Gasteiger charge is -2.32. The topological polar surface area (TPSA) is 85.5 Å². The van der Waals surface area contributed by atoms with E-state index in [4.69, 9.17) is 0 Å². The highest BCUT2D eigenvalue weighted by atomic mass is 16.6. The summed E-state index contributed by atoms with van der Waals surface area (Å²) in [7, 11) is 0. The molecule has 0 saturated carbocycles. The minimum Gasteiger partial charge on any atom is -0.299 e. The zero-order valence-electron chi connectivity index (χ0n) is 14.8. The standard InChI is InChI=1S/C20H19N3O3/c1-12-18(14(3)24)20(15-7-6-8-16(11-15)23(25)26)19(13(2)22-12)17-9-4-5-10-21-17/h4-11,18,20H,1-3H3. The fourth-order valence-corrected chi connectivity index (χ4v) is 3.61. The summed E-state index contributed by atoms with van der Waals surface area (Å²) in [5.74, 6) is -0.860. The number of carbonyl (C=O) groups is 1. The normalized spacial score (nSPS) is 19.9. The minimum atomic E-state index is -0.474. The predicted molar refractivity (Wildman–Crippen MR) is 99.9 cm³/mol. The Morgan fingerprint density at radius 3 is 2.54 bits per heavy atom. The first kappa shape index (κ1) is 17.7. The monoisotopic (exact) mass is 349 g/mol. The maximum absolute atomic E-state index is 12.4. The van der Waals surface area contributed by atoms with E-state index in [0.29, 0.717) is 11.3 Å². The maximum atomic E-state index is 12.4. The Balaban J connectivity index is 2.25. The van der Waals surface area contributed by atoms with E-state index in [2.05, 4.69) is 9.98 Å². The van der Waals surface area contributed by atoms with Gasteiger partial charge in [0.2, 0.25) is 0 Å². The van der Waals surface area contributed by atoms with Crippen LogP contribution in [-0.2, 0) is 4.79 Å². The molecule has 1 aromatic heterocycles. The molecule has 26 heavy (non-hydrogen) atoms. The van der Waals surface area contributed by atoms with E-state index in [9.17, 15) is 14.9 Å². The Morgan fingerprint density at radius 2 is 1.92 bits per heavy atom. The van der Waals surface area contributed by atoms with Crippen LogP contribution in [0.5, 0.6) is 0 Å². The maximum Gasteiger partial charge on any atom is 0.269 e. The van der Waals surface area contributed by atoms with Crippen molar-refractivity contribution in [1.82, 2.24) is 4.98 Å². The van der Waals surface area contributed by atoms with E-state index in [1.165, 1.54) is 19.1 Å². The van der Waals surface area contributed by atoms with Gasteiger partial charge in [0.05, 0.1) is 16.5 Å². The summed E-state index contributed by atoms with van der Waals surface area (Å²) in [5.41, 5.74) is 3.76. The smallest absolute Gasteiger partial charge is 0.269 e. The largest absolute Gasteiger partial charge is 0.299 e. The van der Waals surface area contributed by atoms with Gasteiger partial charge in [-0.05, 0) is 38.5 Å². The number of nitrogens with zero attached hydrogens (tertiary/aromatic N) is 3. The van der Waals surface area contributed by atoms with Crippen molar-refractivity contribution in [2.24, 2.45) is 10.9 Å². The van der Waals surface area contributed by atoms with Crippen LogP contribution in [0.15, 0.2) is 59.4 Å². The van der Waals surface area contributed by atoms with Crippen LogP contribution >= 0.6 is 0 Å². The zero-order chi connectivity index (χ0) is 18.8. The van der Waals surface area contributed by atoms with Crippen LogP contribution < -0.4 is 0 Å². The van der Waals surface area contributed by atoms with Gasteiger partial charge in [0.1, 0.15) is 5.78 Å². The third-order valence-electron chi connectivity index (χ3n) is 4.65. The number of aromatic nitrogens is 1. The molecule has 6 nitrogen and oxygen atoms in total. The van der Waals surface area contributed by atoms with E-state index >= 15 is 0 Å². The summed E-state index contributed by atoms with van der Waals surface area (Å²) >= 11 is 0. The molecular formula is C20H19N3O3. The minimum absolute atomic E-state index is 0.00277. The van der Waals surface area contributed by atoms with E-state index in [1.54, 1.807) is 12.3 Å². The number of rotatable bonds is 4. The number of nitro groups is 1. The van der Waals surface area contributed by atoms with Crippen LogP contribution in [0.3, 0.4) is 0 Å². The van der Waals surface area contributed by atoms with E-state index < -0.39 is 10.8 Å². The average Bonchev–Trinajstić information content (AvgIpc) is 2.61. The number of nitro benzene ring substituents is 1. The number of pyridine rings is 1. The molecule has 0 saturated heterocycles. The second-order valence-corrected chi connectivity index (χ2v) is 6.39. The van der Waals surface area contributed by atoms with Gasteiger partial charge in [0, 0.05) is 41.2 Å². The summed E-state index contributed by atoms with van der Waals surface area (Å²) in [5, 5.41) is 11.2. The average molecular weight is 349 g/mol. The van der Waals surface area contributed by atoms with Crippen LogP contribution in [0, 0.1) is 16.0 Å². The summed E-state index contributed by atoms with van der Waals surface area (Å²) < 4.78 is 0. The molecule has 0 aliphatic carbocycles. The van der Waals surface area contributed by atoms with Gasteiger partial charge in [-0.1, -0.05) is 18.2 Å². The summed E-state index contributed by atoms with van der Waals surface area (Å²) in [4.78, 5) is 32.2. The van der Waals surface area contributed by atoms with Crippen molar-refractivity contribution >= 4 is 22.8 Å². The van der Waals surface area contributed by atoms with Crippen LogP contribution in [0.4, 0.5) is 5.69 Å². The number of allylic oxidation sites excluding steroid dienone is 2. The zero-order valence-corrected chi connectivity index (χ0v) is 14.8. The van der Waals surface area contributed by atoms with Crippen molar-refractivity contribution in [3.8, 4) is 0 Å². The van der Waals surface area contributed by atoms with E-state index in [-0.39, 0.29) is 17.4 Å². The van der Waals surface area contributed by atoms with Gasteiger partial charge in [-0.3, -0.25) is 24.9 Å². The molecule has 3 rings (SSSR count). The van der Waals surface area contributed by atoms with Crippen molar-refractivity contribution in [3.05, 3.63) is 75.7 Å².